The minimum absolute atomic E-state index is 0.121. The second kappa shape index (κ2) is 5.66. The van der Waals surface area contributed by atoms with Crippen LogP contribution in [0, 0.1) is 6.92 Å². The molecule has 4 heteroatoms. The quantitative estimate of drug-likeness (QED) is 0.753. The second-order valence-corrected chi connectivity index (χ2v) is 4.21. The maximum Gasteiger partial charge on any atom is 0.329 e. The van der Waals surface area contributed by atoms with E-state index in [1.807, 2.05) is 13.8 Å². The fourth-order valence-corrected chi connectivity index (χ4v) is 1.59. The Morgan fingerprint density at radius 1 is 1.41 bits per heavy atom. The Morgan fingerprint density at radius 3 is 2.59 bits per heavy atom. The van der Waals surface area contributed by atoms with Gasteiger partial charge in [-0.3, -0.25) is 9.36 Å². The molecule has 0 aliphatic heterocycles. The Hall–Kier alpha value is -1.58. The molecule has 0 aromatic carbocycles. The van der Waals surface area contributed by atoms with E-state index in [2.05, 4.69) is 0 Å². The van der Waals surface area contributed by atoms with Crippen LogP contribution in [0.2, 0.25) is 0 Å². The number of esters is 1. The SMILES string of the molecule is CCC(C)OC(=O)C(C)n1c(C)cccc1=O. The molecule has 94 valence electrons. The number of nitrogens with zero attached hydrogens (tertiary/aromatic N) is 1. The molecule has 0 saturated heterocycles. The molecule has 0 fully saturated rings. The summed E-state index contributed by atoms with van der Waals surface area (Å²) < 4.78 is 6.68. The highest BCUT2D eigenvalue weighted by Crippen LogP contribution is 2.10. The van der Waals surface area contributed by atoms with Crippen molar-refractivity contribution in [3.63, 3.8) is 0 Å². The molecule has 17 heavy (non-hydrogen) atoms. The van der Waals surface area contributed by atoms with Crippen molar-refractivity contribution in [2.75, 3.05) is 0 Å². The number of hydrogen-bond acceptors (Lipinski definition) is 3. The number of hydrogen-bond donors (Lipinski definition) is 0. The second-order valence-electron chi connectivity index (χ2n) is 4.21. The van der Waals surface area contributed by atoms with E-state index in [0.29, 0.717) is 0 Å². The minimum atomic E-state index is -0.585. The zero-order valence-electron chi connectivity index (χ0n) is 10.8. The molecule has 4 nitrogen and oxygen atoms in total. The topological polar surface area (TPSA) is 48.3 Å². The molecular formula is C13H19NO3. The average Bonchev–Trinajstić information content (AvgIpc) is 2.28. The van der Waals surface area contributed by atoms with E-state index in [0.717, 1.165) is 12.1 Å². The molecule has 0 saturated carbocycles. The Labute approximate surface area is 101 Å². The summed E-state index contributed by atoms with van der Waals surface area (Å²) in [6.07, 6.45) is 0.644. The molecule has 0 bridgehead atoms. The molecule has 0 radical (unpaired) electrons. The van der Waals surface area contributed by atoms with Crippen molar-refractivity contribution in [1.82, 2.24) is 4.57 Å². The van der Waals surface area contributed by atoms with Crippen LogP contribution in [-0.4, -0.2) is 16.6 Å². The normalized spacial score (nSPS) is 14.1. The fourth-order valence-electron chi connectivity index (χ4n) is 1.59. The number of aryl methyl sites for hydroxylation is 1. The Balaban J connectivity index is 2.93. The van der Waals surface area contributed by atoms with Gasteiger partial charge in [0.1, 0.15) is 6.04 Å². The molecule has 1 aromatic heterocycles. The van der Waals surface area contributed by atoms with Gasteiger partial charge in [0.15, 0.2) is 0 Å². The number of ether oxygens (including phenoxy) is 1. The standard InChI is InChI=1S/C13H19NO3/c1-5-10(3)17-13(16)11(4)14-9(2)7-6-8-12(14)15/h6-8,10-11H,5H2,1-4H3. The van der Waals surface area contributed by atoms with Gasteiger partial charge in [-0.25, -0.2) is 4.79 Å². The zero-order chi connectivity index (χ0) is 13.0. The van der Waals surface area contributed by atoms with Crippen molar-refractivity contribution in [1.29, 1.82) is 0 Å². The maximum atomic E-state index is 11.8. The van der Waals surface area contributed by atoms with Crippen LogP contribution in [0.3, 0.4) is 0 Å². The smallest absolute Gasteiger partial charge is 0.329 e. The lowest BCUT2D eigenvalue weighted by molar-refractivity contribution is -0.152. The monoisotopic (exact) mass is 237 g/mol. The van der Waals surface area contributed by atoms with Crippen LogP contribution >= 0.6 is 0 Å². The summed E-state index contributed by atoms with van der Waals surface area (Å²) >= 11 is 0. The first kappa shape index (κ1) is 13.5. The Bertz CT molecular complexity index is 450. The van der Waals surface area contributed by atoms with Crippen LogP contribution < -0.4 is 5.56 Å². The fraction of sp³-hybridized carbons (Fsp3) is 0.538. The van der Waals surface area contributed by atoms with Crippen LogP contribution in [0.15, 0.2) is 23.0 Å². The van der Waals surface area contributed by atoms with Crippen LogP contribution in [0.5, 0.6) is 0 Å². The van der Waals surface area contributed by atoms with Crippen molar-refractivity contribution in [2.45, 2.75) is 46.3 Å². The van der Waals surface area contributed by atoms with E-state index >= 15 is 0 Å². The van der Waals surface area contributed by atoms with Gasteiger partial charge in [0.25, 0.3) is 5.56 Å². The van der Waals surface area contributed by atoms with Gasteiger partial charge in [-0.15, -0.1) is 0 Å². The largest absolute Gasteiger partial charge is 0.461 e. The summed E-state index contributed by atoms with van der Waals surface area (Å²) in [7, 11) is 0. The highest BCUT2D eigenvalue weighted by molar-refractivity contribution is 5.74. The van der Waals surface area contributed by atoms with Gasteiger partial charge < -0.3 is 4.74 Å². The van der Waals surface area contributed by atoms with E-state index in [9.17, 15) is 9.59 Å². The zero-order valence-corrected chi connectivity index (χ0v) is 10.8. The maximum absolute atomic E-state index is 11.8. The predicted octanol–water partition coefficient (Wildman–Crippen LogP) is 2.06. The van der Waals surface area contributed by atoms with Crippen molar-refractivity contribution < 1.29 is 9.53 Å². The average molecular weight is 237 g/mol. The summed E-state index contributed by atoms with van der Waals surface area (Å²) in [4.78, 5) is 23.5. The highest BCUT2D eigenvalue weighted by Gasteiger charge is 2.20. The Kier molecular flexibility index (Phi) is 4.49. The molecule has 0 spiro atoms. The highest BCUT2D eigenvalue weighted by atomic mass is 16.5. The van der Waals surface area contributed by atoms with Gasteiger partial charge in [0.05, 0.1) is 6.10 Å². The van der Waals surface area contributed by atoms with Crippen LogP contribution in [0.25, 0.3) is 0 Å². The first-order chi connectivity index (χ1) is 7.97. The first-order valence-electron chi connectivity index (χ1n) is 5.86. The third-order valence-corrected chi connectivity index (χ3v) is 2.81. The molecule has 1 heterocycles. The number of pyridine rings is 1. The van der Waals surface area contributed by atoms with Gasteiger partial charge in [-0.2, -0.15) is 0 Å². The Morgan fingerprint density at radius 2 is 2.06 bits per heavy atom. The predicted molar refractivity (Wildman–Crippen MR) is 66.0 cm³/mol. The number of aromatic nitrogens is 1. The lowest BCUT2D eigenvalue weighted by atomic mass is 10.2. The first-order valence-corrected chi connectivity index (χ1v) is 5.86. The van der Waals surface area contributed by atoms with Crippen molar-refractivity contribution in [3.05, 3.63) is 34.2 Å². The molecule has 0 aliphatic rings. The minimum Gasteiger partial charge on any atom is -0.461 e. The molecular weight excluding hydrogens is 218 g/mol. The third kappa shape index (κ3) is 3.19. The van der Waals surface area contributed by atoms with Gasteiger partial charge in [0.2, 0.25) is 0 Å². The summed E-state index contributed by atoms with van der Waals surface area (Å²) in [6, 6.07) is 4.34. The van der Waals surface area contributed by atoms with Crippen LogP contribution in [-0.2, 0) is 9.53 Å². The van der Waals surface area contributed by atoms with Gasteiger partial charge in [0, 0.05) is 11.8 Å². The number of rotatable bonds is 4. The van der Waals surface area contributed by atoms with E-state index < -0.39 is 6.04 Å². The lowest BCUT2D eigenvalue weighted by Gasteiger charge is -2.19. The molecule has 1 rings (SSSR count). The summed E-state index contributed by atoms with van der Waals surface area (Å²) in [6.45, 7) is 7.27. The van der Waals surface area contributed by atoms with Crippen molar-refractivity contribution in [2.24, 2.45) is 0 Å². The molecule has 0 N–H and O–H groups in total. The molecule has 2 atom stereocenters. The van der Waals surface area contributed by atoms with Gasteiger partial charge in [-0.1, -0.05) is 13.0 Å². The third-order valence-electron chi connectivity index (χ3n) is 2.81. The molecule has 1 aromatic rings. The molecule has 0 amide bonds. The van der Waals surface area contributed by atoms with Crippen LogP contribution in [0.1, 0.15) is 38.9 Å². The van der Waals surface area contributed by atoms with Crippen molar-refractivity contribution >= 4 is 5.97 Å². The molecule has 2 unspecified atom stereocenters. The summed E-state index contributed by atoms with van der Waals surface area (Å²) in [5.74, 6) is -0.365. The lowest BCUT2D eigenvalue weighted by Crippen LogP contribution is -2.31. The summed E-state index contributed by atoms with van der Waals surface area (Å²) in [5.41, 5.74) is 0.574. The number of carbonyl (C=O) groups excluding carboxylic acids is 1. The molecule has 0 aliphatic carbocycles. The van der Waals surface area contributed by atoms with Gasteiger partial charge >= 0.3 is 5.97 Å². The number of carbonyl (C=O) groups is 1. The van der Waals surface area contributed by atoms with Gasteiger partial charge in [-0.05, 0) is 33.3 Å². The van der Waals surface area contributed by atoms with E-state index in [1.54, 1.807) is 26.0 Å². The van der Waals surface area contributed by atoms with E-state index in [-0.39, 0.29) is 17.6 Å². The summed E-state index contributed by atoms with van der Waals surface area (Å²) in [5, 5.41) is 0. The van der Waals surface area contributed by atoms with E-state index in [4.69, 9.17) is 4.74 Å². The van der Waals surface area contributed by atoms with Crippen LogP contribution in [0.4, 0.5) is 0 Å². The van der Waals surface area contributed by atoms with Crippen molar-refractivity contribution in [3.8, 4) is 0 Å². The van der Waals surface area contributed by atoms with E-state index in [1.165, 1.54) is 10.6 Å².